The van der Waals surface area contributed by atoms with Crippen molar-refractivity contribution in [2.75, 3.05) is 11.1 Å². The van der Waals surface area contributed by atoms with Crippen LogP contribution in [0.3, 0.4) is 0 Å². The van der Waals surface area contributed by atoms with E-state index in [0.717, 1.165) is 24.3 Å². The van der Waals surface area contributed by atoms with Crippen molar-refractivity contribution in [2.45, 2.75) is 24.5 Å². The van der Waals surface area contributed by atoms with Gasteiger partial charge in [-0.25, -0.2) is 0 Å². The first kappa shape index (κ1) is 11.8. The van der Waals surface area contributed by atoms with Gasteiger partial charge in [-0.2, -0.15) is 0 Å². The minimum absolute atomic E-state index is 0.115. The highest BCUT2D eigenvalue weighted by molar-refractivity contribution is 8.00. The summed E-state index contributed by atoms with van der Waals surface area (Å²) < 4.78 is 0. The Balaban J connectivity index is 1.93. The molecule has 2 rings (SSSR count). The molecule has 0 saturated carbocycles. The fourth-order valence-electron chi connectivity index (χ4n) is 1.70. The standard InChI is InChI=1S/C12H14ClNOS/c13-9-4-6-10(7-5-9)14-12(15)11-3-1-2-8-16-11/h4-7,11H,1-3,8H2,(H,14,15). The zero-order valence-electron chi connectivity index (χ0n) is 8.91. The van der Waals surface area contributed by atoms with Crippen LogP contribution in [0.15, 0.2) is 24.3 Å². The molecule has 1 saturated heterocycles. The number of hydrogen-bond acceptors (Lipinski definition) is 2. The summed E-state index contributed by atoms with van der Waals surface area (Å²) in [4.78, 5) is 11.9. The molecular formula is C12H14ClNOS. The van der Waals surface area contributed by atoms with Gasteiger partial charge in [0, 0.05) is 10.7 Å². The molecule has 1 aromatic rings. The third-order valence-electron chi connectivity index (χ3n) is 2.58. The van der Waals surface area contributed by atoms with Gasteiger partial charge in [-0.15, -0.1) is 11.8 Å². The van der Waals surface area contributed by atoms with Crippen LogP contribution in [0, 0.1) is 0 Å². The molecule has 1 N–H and O–H groups in total. The highest BCUT2D eigenvalue weighted by Gasteiger charge is 2.21. The number of carbonyl (C=O) groups is 1. The quantitative estimate of drug-likeness (QED) is 0.876. The molecule has 86 valence electrons. The van der Waals surface area contributed by atoms with Crippen molar-refractivity contribution in [1.29, 1.82) is 0 Å². The van der Waals surface area contributed by atoms with Crippen molar-refractivity contribution in [1.82, 2.24) is 0 Å². The average molecular weight is 256 g/mol. The average Bonchev–Trinajstić information content (AvgIpc) is 2.33. The van der Waals surface area contributed by atoms with E-state index in [1.54, 1.807) is 23.9 Å². The predicted molar refractivity (Wildman–Crippen MR) is 70.2 cm³/mol. The smallest absolute Gasteiger partial charge is 0.237 e. The molecule has 1 heterocycles. The van der Waals surface area contributed by atoms with E-state index < -0.39 is 0 Å². The lowest BCUT2D eigenvalue weighted by Crippen LogP contribution is -2.27. The van der Waals surface area contributed by atoms with E-state index >= 15 is 0 Å². The second-order valence-electron chi connectivity index (χ2n) is 3.85. The largest absolute Gasteiger partial charge is 0.325 e. The Labute approximate surface area is 105 Å². The fraction of sp³-hybridized carbons (Fsp3) is 0.417. The Morgan fingerprint density at radius 1 is 1.31 bits per heavy atom. The first-order valence-corrected chi connectivity index (χ1v) is 6.86. The van der Waals surface area contributed by atoms with E-state index in [2.05, 4.69) is 5.32 Å². The molecule has 4 heteroatoms. The number of amides is 1. The number of thioether (sulfide) groups is 1. The van der Waals surface area contributed by atoms with Gasteiger partial charge in [-0.1, -0.05) is 18.0 Å². The monoisotopic (exact) mass is 255 g/mol. The van der Waals surface area contributed by atoms with E-state index in [1.807, 2.05) is 12.1 Å². The SMILES string of the molecule is O=C(Nc1ccc(Cl)cc1)C1CCCCS1. The molecular weight excluding hydrogens is 242 g/mol. The predicted octanol–water partition coefficient (Wildman–Crippen LogP) is 3.56. The topological polar surface area (TPSA) is 29.1 Å². The Bertz CT molecular complexity index is 360. The van der Waals surface area contributed by atoms with Gasteiger partial charge in [0.15, 0.2) is 0 Å². The van der Waals surface area contributed by atoms with E-state index in [-0.39, 0.29) is 11.2 Å². The van der Waals surface area contributed by atoms with E-state index in [9.17, 15) is 4.79 Å². The molecule has 1 amide bonds. The highest BCUT2D eigenvalue weighted by Crippen LogP contribution is 2.26. The van der Waals surface area contributed by atoms with Crippen molar-refractivity contribution in [3.05, 3.63) is 29.3 Å². The molecule has 0 aliphatic carbocycles. The van der Waals surface area contributed by atoms with Crippen LogP contribution in [0.25, 0.3) is 0 Å². The molecule has 1 aliphatic rings. The third-order valence-corrected chi connectivity index (χ3v) is 4.21. The number of rotatable bonds is 2. The lowest BCUT2D eigenvalue weighted by molar-refractivity contribution is -0.115. The molecule has 0 aromatic heterocycles. The molecule has 1 atom stereocenters. The van der Waals surface area contributed by atoms with Gasteiger partial charge in [0.05, 0.1) is 5.25 Å². The summed E-state index contributed by atoms with van der Waals surface area (Å²) in [6.45, 7) is 0. The highest BCUT2D eigenvalue weighted by atomic mass is 35.5. The summed E-state index contributed by atoms with van der Waals surface area (Å²) in [5.41, 5.74) is 0.820. The summed E-state index contributed by atoms with van der Waals surface area (Å²) in [6.07, 6.45) is 3.38. The molecule has 0 radical (unpaired) electrons. The van der Waals surface area contributed by atoms with Crippen molar-refractivity contribution in [2.24, 2.45) is 0 Å². The van der Waals surface area contributed by atoms with Crippen LogP contribution in [0.1, 0.15) is 19.3 Å². The molecule has 1 aromatic carbocycles. The maximum absolute atomic E-state index is 11.9. The number of hydrogen-bond donors (Lipinski definition) is 1. The Morgan fingerprint density at radius 2 is 2.06 bits per heavy atom. The second-order valence-corrected chi connectivity index (χ2v) is 5.60. The van der Waals surface area contributed by atoms with Gasteiger partial charge in [0.2, 0.25) is 5.91 Å². The van der Waals surface area contributed by atoms with Gasteiger partial charge in [-0.05, 0) is 42.9 Å². The lowest BCUT2D eigenvalue weighted by atomic mass is 10.2. The summed E-state index contributed by atoms with van der Waals surface area (Å²) in [5.74, 6) is 1.21. The summed E-state index contributed by atoms with van der Waals surface area (Å²) in [5, 5.41) is 3.72. The van der Waals surface area contributed by atoms with E-state index in [1.165, 1.54) is 6.42 Å². The molecule has 1 fully saturated rings. The van der Waals surface area contributed by atoms with Crippen LogP contribution in [0.4, 0.5) is 5.69 Å². The maximum atomic E-state index is 11.9. The minimum atomic E-state index is 0.115. The molecule has 2 nitrogen and oxygen atoms in total. The minimum Gasteiger partial charge on any atom is -0.325 e. The molecule has 0 spiro atoms. The van der Waals surface area contributed by atoms with E-state index in [0.29, 0.717) is 5.02 Å². The Kier molecular flexibility index (Phi) is 4.13. The van der Waals surface area contributed by atoms with Crippen molar-refractivity contribution < 1.29 is 4.79 Å². The van der Waals surface area contributed by atoms with Crippen LogP contribution in [-0.4, -0.2) is 16.9 Å². The lowest BCUT2D eigenvalue weighted by Gasteiger charge is -2.20. The number of nitrogens with one attached hydrogen (secondary N) is 1. The van der Waals surface area contributed by atoms with Crippen LogP contribution < -0.4 is 5.32 Å². The first-order chi connectivity index (χ1) is 7.75. The van der Waals surface area contributed by atoms with Crippen molar-refractivity contribution in [3.8, 4) is 0 Å². The Hall–Kier alpha value is -0.670. The molecule has 16 heavy (non-hydrogen) atoms. The van der Waals surface area contributed by atoms with Gasteiger partial charge in [-0.3, -0.25) is 4.79 Å². The fourth-order valence-corrected chi connectivity index (χ4v) is 3.03. The van der Waals surface area contributed by atoms with Crippen LogP contribution in [0.5, 0.6) is 0 Å². The number of benzene rings is 1. The molecule has 1 aliphatic heterocycles. The second kappa shape index (κ2) is 5.60. The first-order valence-electron chi connectivity index (χ1n) is 5.44. The molecule has 0 bridgehead atoms. The normalized spacial score (nSPS) is 20.4. The van der Waals surface area contributed by atoms with Gasteiger partial charge in [0.1, 0.15) is 0 Å². The zero-order valence-corrected chi connectivity index (χ0v) is 10.5. The number of carbonyl (C=O) groups excluding carboxylic acids is 1. The van der Waals surface area contributed by atoms with Gasteiger partial charge >= 0.3 is 0 Å². The van der Waals surface area contributed by atoms with Gasteiger partial charge in [0.25, 0.3) is 0 Å². The van der Waals surface area contributed by atoms with E-state index in [4.69, 9.17) is 11.6 Å². The summed E-state index contributed by atoms with van der Waals surface area (Å²) >= 11 is 7.54. The van der Waals surface area contributed by atoms with Crippen LogP contribution in [-0.2, 0) is 4.79 Å². The summed E-state index contributed by atoms with van der Waals surface area (Å²) in [6, 6.07) is 7.22. The van der Waals surface area contributed by atoms with Crippen molar-refractivity contribution >= 4 is 35.0 Å². The number of anilines is 1. The van der Waals surface area contributed by atoms with Crippen LogP contribution in [0.2, 0.25) is 5.02 Å². The van der Waals surface area contributed by atoms with Crippen LogP contribution >= 0.6 is 23.4 Å². The van der Waals surface area contributed by atoms with Crippen molar-refractivity contribution in [3.63, 3.8) is 0 Å². The molecule has 1 unspecified atom stereocenters. The zero-order chi connectivity index (χ0) is 11.4. The number of halogens is 1. The third kappa shape index (κ3) is 3.16. The Morgan fingerprint density at radius 3 is 2.69 bits per heavy atom. The summed E-state index contributed by atoms with van der Waals surface area (Å²) in [7, 11) is 0. The van der Waals surface area contributed by atoms with Gasteiger partial charge < -0.3 is 5.32 Å². The maximum Gasteiger partial charge on any atom is 0.237 e.